The molecule has 0 saturated heterocycles. The minimum Gasteiger partial charge on any atom is -0.350 e. The fraction of sp³-hybridized carbons (Fsp3) is 0.500. The molecule has 1 unspecified atom stereocenters. The highest BCUT2D eigenvalue weighted by Crippen LogP contribution is 2.25. The van der Waals surface area contributed by atoms with Crippen LogP contribution >= 0.6 is 23.2 Å². The summed E-state index contributed by atoms with van der Waals surface area (Å²) < 4.78 is 0. The molecule has 0 spiro atoms. The monoisotopic (exact) mass is 358 g/mol. The number of amides is 1. The van der Waals surface area contributed by atoms with Gasteiger partial charge in [-0.25, -0.2) is 0 Å². The van der Waals surface area contributed by atoms with Gasteiger partial charge in [0, 0.05) is 22.6 Å². The number of carbonyl (C=O) groups excluding carboxylic acids is 1. The lowest BCUT2D eigenvalue weighted by molar-refractivity contribution is -0.121. The van der Waals surface area contributed by atoms with Crippen molar-refractivity contribution in [1.82, 2.24) is 16.0 Å². The third-order valence-corrected chi connectivity index (χ3v) is 3.50. The number of nitrogens with zero attached hydrogens (tertiary/aromatic N) is 1. The van der Waals surface area contributed by atoms with Crippen molar-refractivity contribution in [3.05, 3.63) is 33.8 Å². The van der Waals surface area contributed by atoms with E-state index in [-0.39, 0.29) is 24.0 Å². The van der Waals surface area contributed by atoms with Gasteiger partial charge in [0.2, 0.25) is 5.91 Å². The molecule has 5 nitrogen and oxygen atoms in total. The zero-order valence-electron chi connectivity index (χ0n) is 14.1. The molecular weight excluding hydrogens is 335 g/mol. The summed E-state index contributed by atoms with van der Waals surface area (Å²) in [6, 6.07) is 5.26. The van der Waals surface area contributed by atoms with Crippen LogP contribution < -0.4 is 16.0 Å². The second-order valence-electron chi connectivity index (χ2n) is 6.26. The molecule has 1 aromatic carbocycles. The van der Waals surface area contributed by atoms with Crippen molar-refractivity contribution in [3.63, 3.8) is 0 Å². The Bertz CT molecular complexity index is 582. The normalized spacial score (nSPS) is 13.4. The predicted octanol–water partition coefficient (Wildman–Crippen LogP) is 3.13. The van der Waals surface area contributed by atoms with E-state index in [1.54, 1.807) is 19.2 Å². The van der Waals surface area contributed by atoms with Crippen molar-refractivity contribution < 1.29 is 4.79 Å². The van der Waals surface area contributed by atoms with Gasteiger partial charge in [0.05, 0.1) is 12.6 Å². The second-order valence-corrected chi connectivity index (χ2v) is 7.10. The minimum atomic E-state index is -0.264. The molecule has 1 rings (SSSR count). The number of nitrogens with one attached hydrogen (secondary N) is 3. The number of hydrogen-bond donors (Lipinski definition) is 3. The maximum absolute atomic E-state index is 11.8. The number of aliphatic imine (C=N–C) groups is 1. The van der Waals surface area contributed by atoms with Crippen LogP contribution in [-0.4, -0.2) is 31.0 Å². The highest BCUT2D eigenvalue weighted by molar-refractivity contribution is 6.35. The average molecular weight is 359 g/mol. The maximum atomic E-state index is 11.8. The lowest BCUT2D eigenvalue weighted by Gasteiger charge is -2.22. The number of carbonyl (C=O) groups is 1. The Morgan fingerprint density at radius 1 is 1.30 bits per heavy atom. The molecule has 0 heterocycles. The molecule has 0 radical (unpaired) electrons. The molecule has 7 heteroatoms. The van der Waals surface area contributed by atoms with Crippen molar-refractivity contribution in [2.45, 2.75) is 39.3 Å². The average Bonchev–Trinajstić information content (AvgIpc) is 2.41. The Kier molecular flexibility index (Phi) is 7.16. The van der Waals surface area contributed by atoms with Gasteiger partial charge in [-0.15, -0.1) is 0 Å². The fourth-order valence-electron chi connectivity index (χ4n) is 1.96. The van der Waals surface area contributed by atoms with Crippen molar-refractivity contribution in [2.75, 3.05) is 13.6 Å². The lowest BCUT2D eigenvalue weighted by Crippen LogP contribution is -2.48. The van der Waals surface area contributed by atoms with Crippen molar-refractivity contribution >= 4 is 35.1 Å². The summed E-state index contributed by atoms with van der Waals surface area (Å²) in [5.41, 5.74) is 0.637. The number of halogens is 2. The summed E-state index contributed by atoms with van der Waals surface area (Å²) in [4.78, 5) is 15.9. The second kappa shape index (κ2) is 8.41. The van der Waals surface area contributed by atoms with Gasteiger partial charge in [-0.05, 0) is 45.4 Å². The van der Waals surface area contributed by atoms with E-state index in [1.807, 2.05) is 33.8 Å². The topological polar surface area (TPSA) is 65.5 Å². The van der Waals surface area contributed by atoms with Gasteiger partial charge < -0.3 is 16.0 Å². The largest absolute Gasteiger partial charge is 0.350 e. The van der Waals surface area contributed by atoms with Crippen LogP contribution in [0.15, 0.2) is 23.2 Å². The summed E-state index contributed by atoms with van der Waals surface area (Å²) in [6.07, 6.45) is 0. The standard InChI is InChI=1S/C16H24Cl2N4O/c1-10(12-7-6-11(17)8-13(12)18)21-15(19-5)20-9-14(23)22-16(2,3)4/h6-8,10H,9H2,1-5H3,(H,22,23)(H2,19,20,21). The molecule has 23 heavy (non-hydrogen) atoms. The van der Waals surface area contributed by atoms with E-state index < -0.39 is 0 Å². The van der Waals surface area contributed by atoms with Gasteiger partial charge in [-0.3, -0.25) is 9.79 Å². The SMILES string of the molecule is CN=C(NCC(=O)NC(C)(C)C)NC(C)c1ccc(Cl)cc1Cl. The van der Waals surface area contributed by atoms with E-state index in [4.69, 9.17) is 23.2 Å². The first kappa shape index (κ1) is 19.6. The van der Waals surface area contributed by atoms with Gasteiger partial charge >= 0.3 is 0 Å². The van der Waals surface area contributed by atoms with E-state index in [2.05, 4.69) is 20.9 Å². The quantitative estimate of drug-likeness (QED) is 0.572. The zero-order chi connectivity index (χ0) is 17.6. The highest BCUT2D eigenvalue weighted by atomic mass is 35.5. The van der Waals surface area contributed by atoms with Crippen LogP contribution in [0.4, 0.5) is 0 Å². The van der Waals surface area contributed by atoms with E-state index >= 15 is 0 Å². The van der Waals surface area contributed by atoms with E-state index in [0.717, 1.165) is 5.56 Å². The molecular formula is C16H24Cl2N4O. The van der Waals surface area contributed by atoms with Crippen LogP contribution in [-0.2, 0) is 4.79 Å². The molecule has 1 aromatic rings. The van der Waals surface area contributed by atoms with Crippen molar-refractivity contribution in [2.24, 2.45) is 4.99 Å². The smallest absolute Gasteiger partial charge is 0.239 e. The molecule has 0 fully saturated rings. The van der Waals surface area contributed by atoms with Crippen LogP contribution in [0.25, 0.3) is 0 Å². The van der Waals surface area contributed by atoms with Crippen LogP contribution in [0.1, 0.15) is 39.3 Å². The van der Waals surface area contributed by atoms with E-state index in [1.165, 1.54) is 0 Å². The van der Waals surface area contributed by atoms with Crippen LogP contribution in [0.2, 0.25) is 10.0 Å². The summed E-state index contributed by atoms with van der Waals surface area (Å²) in [5, 5.41) is 10.2. The predicted molar refractivity (Wildman–Crippen MR) is 97.3 cm³/mol. The zero-order valence-corrected chi connectivity index (χ0v) is 15.6. The van der Waals surface area contributed by atoms with Gasteiger partial charge in [0.25, 0.3) is 0 Å². The first-order valence-electron chi connectivity index (χ1n) is 7.35. The van der Waals surface area contributed by atoms with Gasteiger partial charge in [0.1, 0.15) is 0 Å². The minimum absolute atomic E-state index is 0.0864. The molecule has 0 aliphatic heterocycles. The first-order chi connectivity index (χ1) is 10.6. The third kappa shape index (κ3) is 7.10. The Balaban J connectivity index is 2.61. The Morgan fingerprint density at radius 3 is 2.48 bits per heavy atom. The summed E-state index contributed by atoms with van der Waals surface area (Å²) >= 11 is 12.1. The number of hydrogen-bond acceptors (Lipinski definition) is 2. The molecule has 0 aromatic heterocycles. The molecule has 1 atom stereocenters. The molecule has 128 valence electrons. The molecule has 0 aliphatic rings. The van der Waals surface area contributed by atoms with Crippen LogP contribution in [0.5, 0.6) is 0 Å². The fourth-order valence-corrected chi connectivity index (χ4v) is 2.53. The van der Waals surface area contributed by atoms with Crippen molar-refractivity contribution in [1.29, 1.82) is 0 Å². The highest BCUT2D eigenvalue weighted by Gasteiger charge is 2.15. The summed E-state index contributed by atoms with van der Waals surface area (Å²) in [6.45, 7) is 7.89. The number of rotatable bonds is 4. The molecule has 1 amide bonds. The van der Waals surface area contributed by atoms with E-state index in [9.17, 15) is 4.79 Å². The maximum Gasteiger partial charge on any atom is 0.239 e. The molecule has 0 bridgehead atoms. The first-order valence-corrected chi connectivity index (χ1v) is 8.11. The van der Waals surface area contributed by atoms with Gasteiger partial charge in [-0.2, -0.15) is 0 Å². The van der Waals surface area contributed by atoms with E-state index in [0.29, 0.717) is 16.0 Å². The Labute approximate surface area is 147 Å². The molecule has 3 N–H and O–H groups in total. The van der Waals surface area contributed by atoms with Crippen molar-refractivity contribution in [3.8, 4) is 0 Å². The Morgan fingerprint density at radius 2 is 1.96 bits per heavy atom. The Hall–Kier alpha value is -1.46. The number of guanidine groups is 1. The number of benzene rings is 1. The van der Waals surface area contributed by atoms with Gasteiger partial charge in [-0.1, -0.05) is 29.3 Å². The van der Waals surface area contributed by atoms with Gasteiger partial charge in [0.15, 0.2) is 5.96 Å². The summed E-state index contributed by atoms with van der Waals surface area (Å²) in [7, 11) is 1.65. The van der Waals surface area contributed by atoms with Crippen LogP contribution in [0, 0.1) is 0 Å². The third-order valence-electron chi connectivity index (χ3n) is 2.94. The molecule has 0 aliphatic carbocycles. The summed E-state index contributed by atoms with van der Waals surface area (Å²) in [5.74, 6) is 0.421. The van der Waals surface area contributed by atoms with Crippen LogP contribution in [0.3, 0.4) is 0 Å². The lowest BCUT2D eigenvalue weighted by atomic mass is 10.1. The molecule has 0 saturated carbocycles.